The second kappa shape index (κ2) is 5.02. The normalized spacial score (nSPS) is 48.0. The number of aliphatic hydroxyl groups excluding tert-OH is 1. The van der Waals surface area contributed by atoms with E-state index in [0.717, 1.165) is 5.92 Å². The highest BCUT2D eigenvalue weighted by molar-refractivity contribution is 5.24. The van der Waals surface area contributed by atoms with Crippen molar-refractivity contribution in [3.63, 3.8) is 0 Å². The fraction of sp³-hybridized carbons (Fsp3) is 0.789. The van der Waals surface area contributed by atoms with Gasteiger partial charge in [-0.2, -0.15) is 0 Å². The average molecular weight is 274 g/mol. The summed E-state index contributed by atoms with van der Waals surface area (Å²) >= 11 is 0. The van der Waals surface area contributed by atoms with Crippen molar-refractivity contribution in [2.45, 2.75) is 58.8 Å². The summed E-state index contributed by atoms with van der Waals surface area (Å²) < 4.78 is 0. The number of aliphatic hydroxyl groups is 1. The molecule has 20 heavy (non-hydrogen) atoms. The van der Waals surface area contributed by atoms with Crippen LogP contribution in [0.2, 0.25) is 0 Å². The van der Waals surface area contributed by atoms with Crippen LogP contribution >= 0.6 is 0 Å². The molecule has 0 aromatic heterocycles. The molecule has 3 aliphatic rings. The molecule has 0 saturated heterocycles. The Morgan fingerprint density at radius 3 is 2.85 bits per heavy atom. The van der Waals surface area contributed by atoms with Crippen LogP contribution in [0.15, 0.2) is 24.3 Å². The Kier molecular flexibility index (Phi) is 3.61. The zero-order chi connectivity index (χ0) is 14.4. The monoisotopic (exact) mass is 274 g/mol. The molecule has 0 aromatic carbocycles. The highest BCUT2D eigenvalue weighted by Gasteiger charge is 2.51. The molecule has 0 aliphatic heterocycles. The van der Waals surface area contributed by atoms with Crippen molar-refractivity contribution in [2.75, 3.05) is 6.61 Å². The number of rotatable bonds is 2. The third-order valence-electron chi connectivity index (χ3n) is 6.92. The second-order valence-corrected chi connectivity index (χ2v) is 8.09. The molecular weight excluding hydrogens is 244 g/mol. The van der Waals surface area contributed by atoms with Crippen molar-refractivity contribution in [1.29, 1.82) is 0 Å². The van der Waals surface area contributed by atoms with E-state index in [1.807, 2.05) is 0 Å². The Labute approximate surface area is 124 Å². The van der Waals surface area contributed by atoms with Gasteiger partial charge in [0.15, 0.2) is 0 Å². The Bertz CT molecular complexity index is 423. The molecule has 2 fully saturated rings. The molecule has 1 heteroatoms. The maximum Gasteiger partial charge on any atom is 0.0462 e. The molecule has 5 unspecified atom stereocenters. The summed E-state index contributed by atoms with van der Waals surface area (Å²) in [5.41, 5.74) is 2.46. The van der Waals surface area contributed by atoms with Gasteiger partial charge in [0, 0.05) is 6.61 Å². The SMILES string of the molecule is C=CC1(C)CCC2C(=CCC3C(CO)CCCC23C)C1. The molecule has 1 nitrogen and oxygen atoms in total. The van der Waals surface area contributed by atoms with Crippen LogP contribution in [0.25, 0.3) is 0 Å². The summed E-state index contributed by atoms with van der Waals surface area (Å²) in [7, 11) is 0. The molecule has 0 bridgehead atoms. The summed E-state index contributed by atoms with van der Waals surface area (Å²) in [4.78, 5) is 0. The first-order valence-corrected chi connectivity index (χ1v) is 8.46. The largest absolute Gasteiger partial charge is 0.396 e. The van der Waals surface area contributed by atoms with E-state index in [4.69, 9.17) is 0 Å². The maximum atomic E-state index is 9.73. The van der Waals surface area contributed by atoms with Crippen LogP contribution in [0.1, 0.15) is 58.8 Å². The number of fused-ring (bicyclic) bond motifs is 3. The van der Waals surface area contributed by atoms with E-state index in [1.165, 1.54) is 44.9 Å². The van der Waals surface area contributed by atoms with Gasteiger partial charge in [0.1, 0.15) is 0 Å². The van der Waals surface area contributed by atoms with E-state index >= 15 is 0 Å². The van der Waals surface area contributed by atoms with Gasteiger partial charge in [0.25, 0.3) is 0 Å². The molecule has 0 radical (unpaired) electrons. The van der Waals surface area contributed by atoms with E-state index < -0.39 is 0 Å². The summed E-state index contributed by atoms with van der Waals surface area (Å²) in [5.74, 6) is 2.02. The summed E-state index contributed by atoms with van der Waals surface area (Å²) in [6.07, 6.45) is 13.6. The van der Waals surface area contributed by atoms with Gasteiger partial charge < -0.3 is 5.11 Å². The molecule has 2 saturated carbocycles. The standard InChI is InChI=1S/C19H30O/c1-4-18(2)11-9-17-14(12-18)7-8-16-15(13-20)6-5-10-19(16,17)3/h4,7,15-17,20H,1,5-6,8-13H2,2-3H3. The zero-order valence-corrected chi connectivity index (χ0v) is 13.2. The molecule has 0 amide bonds. The average Bonchev–Trinajstić information content (AvgIpc) is 2.45. The minimum Gasteiger partial charge on any atom is -0.396 e. The lowest BCUT2D eigenvalue weighted by Crippen LogP contribution is -2.48. The number of allylic oxidation sites excluding steroid dienone is 3. The van der Waals surface area contributed by atoms with Crippen LogP contribution in [-0.2, 0) is 0 Å². The Morgan fingerprint density at radius 1 is 1.35 bits per heavy atom. The van der Waals surface area contributed by atoms with Crippen molar-refractivity contribution >= 4 is 0 Å². The second-order valence-electron chi connectivity index (χ2n) is 8.09. The quantitative estimate of drug-likeness (QED) is 0.722. The first kappa shape index (κ1) is 14.4. The van der Waals surface area contributed by atoms with Gasteiger partial charge in [-0.15, -0.1) is 6.58 Å². The third kappa shape index (κ3) is 2.09. The molecule has 112 valence electrons. The fourth-order valence-electron chi connectivity index (χ4n) is 5.54. The van der Waals surface area contributed by atoms with Gasteiger partial charge in [-0.05, 0) is 67.1 Å². The topological polar surface area (TPSA) is 20.2 Å². The van der Waals surface area contributed by atoms with Crippen LogP contribution in [0.4, 0.5) is 0 Å². The molecule has 3 rings (SSSR count). The van der Waals surface area contributed by atoms with Gasteiger partial charge in [-0.1, -0.05) is 38.0 Å². The van der Waals surface area contributed by atoms with Crippen LogP contribution in [0.5, 0.6) is 0 Å². The van der Waals surface area contributed by atoms with Gasteiger partial charge in [0.05, 0.1) is 0 Å². The van der Waals surface area contributed by atoms with Crippen LogP contribution in [-0.4, -0.2) is 11.7 Å². The third-order valence-corrected chi connectivity index (χ3v) is 6.92. The summed E-state index contributed by atoms with van der Waals surface area (Å²) in [5, 5.41) is 9.73. The Hall–Kier alpha value is -0.560. The highest BCUT2D eigenvalue weighted by Crippen LogP contribution is 2.60. The van der Waals surface area contributed by atoms with E-state index in [2.05, 4.69) is 32.6 Å². The van der Waals surface area contributed by atoms with Gasteiger partial charge in [0.2, 0.25) is 0 Å². The maximum absolute atomic E-state index is 9.73. The minimum absolute atomic E-state index is 0.316. The predicted molar refractivity (Wildman–Crippen MR) is 84.4 cm³/mol. The van der Waals surface area contributed by atoms with E-state index in [9.17, 15) is 5.11 Å². The molecule has 0 aromatic rings. The molecule has 1 N–H and O–H groups in total. The van der Waals surface area contributed by atoms with Crippen molar-refractivity contribution in [1.82, 2.24) is 0 Å². The molecule has 0 heterocycles. The summed E-state index contributed by atoms with van der Waals surface area (Å²) in [6.45, 7) is 9.33. The molecular formula is C19H30O. The minimum atomic E-state index is 0.316. The lowest BCUT2D eigenvalue weighted by atomic mass is 9.49. The van der Waals surface area contributed by atoms with Crippen molar-refractivity contribution in [2.24, 2.45) is 28.6 Å². The predicted octanol–water partition coefficient (Wildman–Crippen LogP) is 4.72. The highest BCUT2D eigenvalue weighted by atomic mass is 16.3. The van der Waals surface area contributed by atoms with Crippen LogP contribution in [0.3, 0.4) is 0 Å². The smallest absolute Gasteiger partial charge is 0.0462 e. The number of hydrogen-bond donors (Lipinski definition) is 1. The first-order chi connectivity index (χ1) is 9.52. The molecule has 3 aliphatic carbocycles. The van der Waals surface area contributed by atoms with Gasteiger partial charge in [-0.3, -0.25) is 0 Å². The molecule has 0 spiro atoms. The van der Waals surface area contributed by atoms with Crippen LogP contribution in [0, 0.1) is 28.6 Å². The molecule has 5 atom stereocenters. The van der Waals surface area contributed by atoms with Gasteiger partial charge >= 0.3 is 0 Å². The lowest BCUT2D eigenvalue weighted by Gasteiger charge is -2.56. The van der Waals surface area contributed by atoms with Crippen molar-refractivity contribution < 1.29 is 5.11 Å². The Morgan fingerprint density at radius 2 is 2.15 bits per heavy atom. The van der Waals surface area contributed by atoms with Crippen LogP contribution < -0.4 is 0 Å². The van der Waals surface area contributed by atoms with Crippen molar-refractivity contribution in [3.8, 4) is 0 Å². The summed E-state index contributed by atoms with van der Waals surface area (Å²) in [6, 6.07) is 0. The fourth-order valence-corrected chi connectivity index (χ4v) is 5.54. The number of hydrogen-bond acceptors (Lipinski definition) is 1. The first-order valence-electron chi connectivity index (χ1n) is 8.46. The van der Waals surface area contributed by atoms with E-state index in [1.54, 1.807) is 5.57 Å². The van der Waals surface area contributed by atoms with Crippen molar-refractivity contribution in [3.05, 3.63) is 24.3 Å². The van der Waals surface area contributed by atoms with E-state index in [0.29, 0.717) is 29.3 Å². The lowest BCUT2D eigenvalue weighted by molar-refractivity contribution is -0.0274. The Balaban J connectivity index is 1.90. The van der Waals surface area contributed by atoms with Gasteiger partial charge in [-0.25, -0.2) is 0 Å². The van der Waals surface area contributed by atoms with E-state index in [-0.39, 0.29) is 0 Å². The zero-order valence-electron chi connectivity index (χ0n) is 13.2.